The van der Waals surface area contributed by atoms with E-state index in [0.29, 0.717) is 12.2 Å². The number of aromatic nitrogens is 2. The van der Waals surface area contributed by atoms with Crippen LogP contribution in [0.3, 0.4) is 0 Å². The van der Waals surface area contributed by atoms with Crippen LogP contribution in [0.1, 0.15) is 18.2 Å². The zero-order chi connectivity index (χ0) is 9.42. The Hall–Kier alpha value is -1.16. The Morgan fingerprint density at radius 2 is 2.31 bits per heavy atom. The third-order valence-corrected chi connectivity index (χ3v) is 2.60. The van der Waals surface area contributed by atoms with E-state index in [1.54, 1.807) is 10.9 Å². The van der Waals surface area contributed by atoms with Crippen LogP contribution in [0.5, 0.6) is 0 Å². The van der Waals surface area contributed by atoms with Crippen LogP contribution < -0.4 is 0 Å². The molecule has 1 atom stereocenters. The summed E-state index contributed by atoms with van der Waals surface area (Å²) in [4.78, 5) is 13.6. The summed E-state index contributed by atoms with van der Waals surface area (Å²) in [5.74, 6) is 0.297. The normalized spacial score (nSPS) is 24.2. The molecule has 1 aliphatic rings. The maximum atomic E-state index is 11.6. The summed E-state index contributed by atoms with van der Waals surface area (Å²) in [6.45, 7) is 0.856. The van der Waals surface area contributed by atoms with Crippen LogP contribution in [0.2, 0.25) is 0 Å². The first-order valence-electron chi connectivity index (χ1n) is 4.41. The van der Waals surface area contributed by atoms with Crippen LogP contribution in [-0.2, 0) is 11.8 Å². The Labute approximate surface area is 77.1 Å². The fourth-order valence-corrected chi connectivity index (χ4v) is 1.84. The highest BCUT2D eigenvalue weighted by Gasteiger charge is 2.32. The summed E-state index contributed by atoms with van der Waals surface area (Å²) in [7, 11) is 3.84. The molecule has 4 nitrogen and oxygen atoms in total. The zero-order valence-corrected chi connectivity index (χ0v) is 7.90. The number of rotatable bonds is 1. The van der Waals surface area contributed by atoms with E-state index in [4.69, 9.17) is 0 Å². The number of Topliss-reactive ketones (excluding diaryl/α,β-unsaturated/α-hetero) is 1. The molecule has 0 amide bonds. The SMILES string of the molecule is CN1CCC(=O)C1c1ccnn1C. The van der Waals surface area contributed by atoms with Crippen LogP contribution in [-0.4, -0.2) is 34.1 Å². The molecule has 4 heteroatoms. The minimum Gasteiger partial charge on any atom is -0.297 e. The smallest absolute Gasteiger partial charge is 0.157 e. The third-order valence-electron chi connectivity index (χ3n) is 2.60. The summed E-state index contributed by atoms with van der Waals surface area (Å²) in [6, 6.07) is 1.83. The Bertz CT molecular complexity index is 331. The van der Waals surface area contributed by atoms with Crippen molar-refractivity contribution < 1.29 is 4.79 Å². The summed E-state index contributed by atoms with van der Waals surface area (Å²) in [6.07, 6.45) is 2.39. The predicted molar refractivity (Wildman–Crippen MR) is 48.2 cm³/mol. The lowest BCUT2D eigenvalue weighted by atomic mass is 10.1. The molecule has 13 heavy (non-hydrogen) atoms. The van der Waals surface area contributed by atoms with Gasteiger partial charge >= 0.3 is 0 Å². The van der Waals surface area contributed by atoms with Gasteiger partial charge in [0, 0.05) is 26.2 Å². The van der Waals surface area contributed by atoms with Crippen molar-refractivity contribution in [3.05, 3.63) is 18.0 Å². The van der Waals surface area contributed by atoms with Crippen molar-refractivity contribution in [2.24, 2.45) is 7.05 Å². The highest BCUT2D eigenvalue weighted by molar-refractivity contribution is 5.86. The minimum absolute atomic E-state index is 0.0764. The Balaban J connectivity index is 2.35. The number of hydrogen-bond donors (Lipinski definition) is 0. The van der Waals surface area contributed by atoms with Crippen LogP contribution >= 0.6 is 0 Å². The average Bonchev–Trinajstić information content (AvgIpc) is 2.60. The van der Waals surface area contributed by atoms with Gasteiger partial charge in [-0.15, -0.1) is 0 Å². The Morgan fingerprint density at radius 1 is 1.54 bits per heavy atom. The highest BCUT2D eigenvalue weighted by atomic mass is 16.1. The molecule has 1 fully saturated rings. The second kappa shape index (κ2) is 2.96. The first-order valence-corrected chi connectivity index (χ1v) is 4.41. The van der Waals surface area contributed by atoms with Crippen molar-refractivity contribution in [2.75, 3.05) is 13.6 Å². The molecule has 0 aromatic carbocycles. The van der Waals surface area contributed by atoms with Crippen molar-refractivity contribution in [1.29, 1.82) is 0 Å². The van der Waals surface area contributed by atoms with Gasteiger partial charge in [0.15, 0.2) is 5.78 Å². The highest BCUT2D eigenvalue weighted by Crippen LogP contribution is 2.26. The summed E-state index contributed by atoms with van der Waals surface area (Å²) < 4.78 is 1.77. The molecule has 0 N–H and O–H groups in total. The van der Waals surface area contributed by atoms with Gasteiger partial charge in [-0.25, -0.2) is 0 Å². The Kier molecular flexibility index (Phi) is 1.92. The maximum absolute atomic E-state index is 11.6. The molecular formula is C9H13N3O. The standard InChI is InChI=1S/C9H13N3O/c1-11-6-4-8(13)9(11)7-3-5-10-12(7)2/h3,5,9H,4,6H2,1-2H3. The van der Waals surface area contributed by atoms with Gasteiger partial charge in [-0.2, -0.15) is 5.10 Å². The fourth-order valence-electron chi connectivity index (χ4n) is 1.84. The van der Waals surface area contributed by atoms with Gasteiger partial charge in [-0.05, 0) is 13.1 Å². The van der Waals surface area contributed by atoms with E-state index in [0.717, 1.165) is 12.2 Å². The van der Waals surface area contributed by atoms with Crippen LogP contribution in [0.25, 0.3) is 0 Å². The van der Waals surface area contributed by atoms with Crippen molar-refractivity contribution in [2.45, 2.75) is 12.5 Å². The van der Waals surface area contributed by atoms with Crippen LogP contribution in [0.4, 0.5) is 0 Å². The van der Waals surface area contributed by atoms with E-state index in [1.165, 1.54) is 0 Å². The quantitative estimate of drug-likeness (QED) is 0.625. The van der Waals surface area contributed by atoms with Gasteiger partial charge in [0.05, 0.1) is 5.69 Å². The van der Waals surface area contributed by atoms with E-state index < -0.39 is 0 Å². The van der Waals surface area contributed by atoms with Crippen molar-refractivity contribution >= 4 is 5.78 Å². The van der Waals surface area contributed by atoms with Gasteiger partial charge in [-0.1, -0.05) is 0 Å². The molecule has 0 saturated carbocycles. The number of carbonyl (C=O) groups is 1. The van der Waals surface area contributed by atoms with Gasteiger partial charge in [0.25, 0.3) is 0 Å². The molecule has 2 rings (SSSR count). The lowest BCUT2D eigenvalue weighted by Gasteiger charge is -2.17. The first-order chi connectivity index (χ1) is 6.20. The van der Waals surface area contributed by atoms with Crippen molar-refractivity contribution in [3.63, 3.8) is 0 Å². The van der Waals surface area contributed by atoms with Crippen LogP contribution in [0, 0.1) is 0 Å². The number of carbonyl (C=O) groups excluding carboxylic acids is 1. The summed E-state index contributed by atoms with van der Waals surface area (Å²) >= 11 is 0. The lowest BCUT2D eigenvalue weighted by Crippen LogP contribution is -2.23. The van der Waals surface area contributed by atoms with E-state index in [2.05, 4.69) is 10.00 Å². The molecular weight excluding hydrogens is 166 g/mol. The molecule has 0 aliphatic carbocycles. The molecule has 1 saturated heterocycles. The number of likely N-dealkylation sites (N-methyl/N-ethyl adjacent to an activating group) is 1. The monoisotopic (exact) mass is 179 g/mol. The van der Waals surface area contributed by atoms with Crippen molar-refractivity contribution in [3.8, 4) is 0 Å². The topological polar surface area (TPSA) is 38.1 Å². The number of likely N-dealkylation sites (tertiary alicyclic amines) is 1. The molecule has 70 valence electrons. The maximum Gasteiger partial charge on any atom is 0.157 e. The van der Waals surface area contributed by atoms with Gasteiger partial charge < -0.3 is 0 Å². The molecule has 1 unspecified atom stereocenters. The number of aryl methyl sites for hydroxylation is 1. The largest absolute Gasteiger partial charge is 0.297 e. The molecule has 2 heterocycles. The van der Waals surface area contributed by atoms with Crippen LogP contribution in [0.15, 0.2) is 12.3 Å². The predicted octanol–water partition coefficient (Wildman–Crippen LogP) is 0.366. The molecule has 0 bridgehead atoms. The number of nitrogens with zero attached hydrogens (tertiary/aromatic N) is 3. The lowest BCUT2D eigenvalue weighted by molar-refractivity contribution is -0.120. The van der Waals surface area contributed by atoms with Gasteiger partial charge in [0.1, 0.15) is 6.04 Å². The van der Waals surface area contributed by atoms with Crippen molar-refractivity contribution in [1.82, 2.24) is 14.7 Å². The van der Waals surface area contributed by atoms with E-state index in [9.17, 15) is 4.79 Å². The number of hydrogen-bond acceptors (Lipinski definition) is 3. The van der Waals surface area contributed by atoms with E-state index >= 15 is 0 Å². The summed E-state index contributed by atoms with van der Waals surface area (Å²) in [5.41, 5.74) is 0.991. The molecule has 1 aliphatic heterocycles. The van der Waals surface area contributed by atoms with Gasteiger partial charge in [0.2, 0.25) is 0 Å². The third kappa shape index (κ3) is 1.27. The van der Waals surface area contributed by atoms with Gasteiger partial charge in [-0.3, -0.25) is 14.4 Å². The second-order valence-corrected chi connectivity index (χ2v) is 3.48. The number of ketones is 1. The molecule has 1 aromatic rings. The fraction of sp³-hybridized carbons (Fsp3) is 0.556. The molecule has 0 radical (unpaired) electrons. The Morgan fingerprint density at radius 3 is 2.77 bits per heavy atom. The van der Waals surface area contributed by atoms with E-state index in [1.807, 2.05) is 20.2 Å². The average molecular weight is 179 g/mol. The molecule has 1 aromatic heterocycles. The summed E-state index contributed by atoms with van der Waals surface area (Å²) in [5, 5.41) is 4.07. The molecule has 0 spiro atoms. The van der Waals surface area contributed by atoms with E-state index in [-0.39, 0.29) is 6.04 Å². The zero-order valence-electron chi connectivity index (χ0n) is 7.90. The second-order valence-electron chi connectivity index (χ2n) is 3.48. The minimum atomic E-state index is -0.0764. The first kappa shape index (κ1) is 8.44.